The molecule has 6 N–H and O–H groups in total. The van der Waals surface area contributed by atoms with Gasteiger partial charge in [0.25, 0.3) is 5.91 Å². The minimum atomic E-state index is -4.66. The number of carbonyl (C=O) groups is 1. The van der Waals surface area contributed by atoms with Crippen LogP contribution in [-0.4, -0.2) is 126 Å². The monoisotopic (exact) mass is 935 g/mol. The predicted molar refractivity (Wildman–Crippen MR) is 221 cm³/mol. The van der Waals surface area contributed by atoms with Gasteiger partial charge in [-0.15, -0.1) is 0 Å². The second-order valence-electron chi connectivity index (χ2n) is 14.3. The highest BCUT2D eigenvalue weighted by Crippen LogP contribution is 2.30. The predicted octanol–water partition coefficient (Wildman–Crippen LogP) is 4.08. The van der Waals surface area contributed by atoms with Crippen molar-refractivity contribution in [3.63, 3.8) is 0 Å². The Hall–Kier alpha value is -4.31. The van der Waals surface area contributed by atoms with Crippen molar-refractivity contribution in [3.05, 3.63) is 99.5 Å². The number of anilines is 1. The maximum atomic E-state index is 13.0. The zero-order chi connectivity index (χ0) is 41.8. The van der Waals surface area contributed by atoms with Gasteiger partial charge >= 0.3 is 6.18 Å². The van der Waals surface area contributed by atoms with Crippen molar-refractivity contribution in [2.24, 2.45) is 5.73 Å². The van der Waals surface area contributed by atoms with Gasteiger partial charge in [-0.1, -0.05) is 18.2 Å². The topological polar surface area (TPSA) is 177 Å². The number of ether oxygens (including phenoxy) is 4. The van der Waals surface area contributed by atoms with E-state index in [2.05, 4.69) is 59.1 Å². The summed E-state index contributed by atoms with van der Waals surface area (Å²) in [4.78, 5) is 23.9. The summed E-state index contributed by atoms with van der Waals surface area (Å²) in [6.45, 7) is 5.49. The summed E-state index contributed by atoms with van der Waals surface area (Å²) in [6, 6.07) is 20.2. The van der Waals surface area contributed by atoms with Gasteiger partial charge in [0, 0.05) is 45.8 Å². The van der Waals surface area contributed by atoms with E-state index in [0.717, 1.165) is 60.2 Å². The van der Waals surface area contributed by atoms with E-state index < -0.39 is 36.2 Å². The molecule has 59 heavy (non-hydrogen) atoms. The van der Waals surface area contributed by atoms with Gasteiger partial charge in [-0.3, -0.25) is 19.6 Å². The van der Waals surface area contributed by atoms with Crippen LogP contribution in [0.15, 0.2) is 79.1 Å². The van der Waals surface area contributed by atoms with Crippen LogP contribution in [0.5, 0.6) is 23.0 Å². The Morgan fingerprint density at radius 2 is 1.59 bits per heavy atom. The van der Waals surface area contributed by atoms with Crippen LogP contribution in [0.25, 0.3) is 0 Å². The largest absolute Gasteiger partial charge is 0.494 e. The lowest BCUT2D eigenvalue weighted by atomic mass is 9.97. The maximum absolute atomic E-state index is 13.0. The van der Waals surface area contributed by atoms with Crippen LogP contribution < -0.4 is 30.6 Å². The molecule has 3 heterocycles. The first-order chi connectivity index (χ1) is 28.4. The Morgan fingerprint density at radius 1 is 0.915 bits per heavy atom. The number of rotatable bonds is 18. The number of nitrogens with two attached hydrogens (primary N) is 1. The molecule has 0 saturated carbocycles. The van der Waals surface area contributed by atoms with Crippen molar-refractivity contribution in [2.45, 2.75) is 49.9 Å². The van der Waals surface area contributed by atoms with Gasteiger partial charge in [0.1, 0.15) is 41.0 Å². The fourth-order valence-corrected chi connectivity index (χ4v) is 7.33. The molecule has 0 radical (unpaired) electrons. The van der Waals surface area contributed by atoms with Crippen LogP contribution in [0.4, 0.5) is 19.0 Å². The highest BCUT2D eigenvalue weighted by molar-refractivity contribution is 14.1. The van der Waals surface area contributed by atoms with Gasteiger partial charge in [-0.05, 0) is 102 Å². The third-order valence-corrected chi connectivity index (χ3v) is 10.7. The summed E-state index contributed by atoms with van der Waals surface area (Å²) >= 11 is 2.26. The van der Waals surface area contributed by atoms with Crippen LogP contribution in [0.3, 0.4) is 0 Å². The van der Waals surface area contributed by atoms with Crippen LogP contribution in [-0.2, 0) is 28.7 Å². The van der Waals surface area contributed by atoms with Gasteiger partial charge in [0.05, 0.1) is 41.3 Å². The number of aliphatic hydroxyl groups is 2. The fraction of sp³-hybridized carbons (Fsp3) is 0.439. The van der Waals surface area contributed by atoms with Gasteiger partial charge in [0.15, 0.2) is 12.3 Å². The molecule has 2 saturated heterocycles. The second-order valence-corrected chi connectivity index (χ2v) is 15.5. The number of hydrogen-bond acceptors (Lipinski definition) is 13. The van der Waals surface area contributed by atoms with E-state index in [1.807, 2.05) is 60.7 Å². The second kappa shape index (κ2) is 21.3. The lowest BCUT2D eigenvalue weighted by molar-refractivity contribution is -0.148. The van der Waals surface area contributed by atoms with E-state index in [0.29, 0.717) is 56.1 Å². The summed E-state index contributed by atoms with van der Waals surface area (Å²) in [5, 5.41) is 27.1. The molecule has 4 aromatic rings. The summed E-state index contributed by atoms with van der Waals surface area (Å²) < 4.78 is 63.4. The maximum Gasteiger partial charge on any atom is 0.434 e. The van der Waals surface area contributed by atoms with Crippen LogP contribution >= 0.6 is 22.6 Å². The lowest BCUT2D eigenvalue weighted by Crippen LogP contribution is -2.59. The molecule has 1 amide bonds. The Kier molecular flexibility index (Phi) is 16.0. The summed E-state index contributed by atoms with van der Waals surface area (Å²) in [5.74, 6) is 2.40. The zero-order valence-corrected chi connectivity index (χ0v) is 34.5. The van der Waals surface area contributed by atoms with E-state index in [1.54, 1.807) is 0 Å². The first kappa shape index (κ1) is 44.2. The number of hydrogen-bond donors (Lipinski definition) is 5. The summed E-state index contributed by atoms with van der Waals surface area (Å²) in [7, 11) is 0. The van der Waals surface area contributed by atoms with Gasteiger partial charge < -0.3 is 45.5 Å². The van der Waals surface area contributed by atoms with Crippen molar-refractivity contribution in [1.29, 1.82) is 0 Å². The quantitative estimate of drug-likeness (QED) is 0.0714. The third kappa shape index (κ3) is 13.3. The number of benzene rings is 3. The normalized spacial score (nSPS) is 20.2. The number of amides is 1. The van der Waals surface area contributed by atoms with E-state index in [9.17, 15) is 28.2 Å². The number of nitrogens with zero attached hydrogens (tertiary/aromatic N) is 4. The molecule has 6 rings (SSSR count). The molecule has 1 aromatic heterocycles. The smallest absolute Gasteiger partial charge is 0.434 e. The number of aromatic nitrogens is 2. The van der Waals surface area contributed by atoms with Gasteiger partial charge in [-0.2, -0.15) is 13.2 Å². The fourth-order valence-electron chi connectivity index (χ4n) is 6.64. The molecule has 2 aliphatic heterocycles. The average Bonchev–Trinajstić information content (AvgIpc) is 3.22. The number of piperazine rings is 1. The Labute approximate surface area is 354 Å². The first-order valence-electron chi connectivity index (χ1n) is 19.4. The standard InChI is InChI=1S/C41H49F3IN7O7/c42-41(43,44)36-21-47-22-37(50-36)49-33-25-58-35(40(55)39(33)54)24-52-17-15-51(16-18-52)23-28-2-5-30(6-3-28)57-26-38(53)48-14-1-19-56-29-7-9-31(10-8-29)59-34-11-4-27(12-13-46)20-32(34)45/h2-11,20-22,33,35,39-40,54-55H,1,12-19,23-26,46H2,(H,48,53)(H,49,50)/t33-,35+,39+,40-/m0/s1. The third-order valence-electron chi connectivity index (χ3n) is 9.89. The lowest BCUT2D eigenvalue weighted by Gasteiger charge is -2.42. The molecule has 0 unspecified atom stereocenters. The van der Waals surface area contributed by atoms with Crippen molar-refractivity contribution in [1.82, 2.24) is 25.1 Å². The first-order valence-corrected chi connectivity index (χ1v) is 20.5. The van der Waals surface area contributed by atoms with E-state index in [-0.39, 0.29) is 24.9 Å². The minimum Gasteiger partial charge on any atom is -0.494 e. The molecule has 14 nitrogen and oxygen atoms in total. The van der Waals surface area contributed by atoms with Crippen LogP contribution in [0.2, 0.25) is 0 Å². The molecule has 4 atom stereocenters. The minimum absolute atomic E-state index is 0.0260. The van der Waals surface area contributed by atoms with Crippen molar-refractivity contribution < 1.29 is 47.1 Å². The molecular weight excluding hydrogens is 886 g/mol. The van der Waals surface area contributed by atoms with Crippen molar-refractivity contribution in [3.8, 4) is 23.0 Å². The number of alkyl halides is 3. The number of halogens is 4. The van der Waals surface area contributed by atoms with E-state index in [4.69, 9.17) is 24.7 Å². The zero-order valence-electron chi connectivity index (χ0n) is 32.3. The van der Waals surface area contributed by atoms with E-state index >= 15 is 0 Å². The molecule has 0 aliphatic carbocycles. The Balaban J connectivity index is 0.819. The van der Waals surface area contributed by atoms with Crippen LogP contribution in [0.1, 0.15) is 23.2 Å². The molecular formula is C41H49F3IN7O7. The van der Waals surface area contributed by atoms with Crippen molar-refractivity contribution in [2.75, 3.05) is 71.0 Å². The SMILES string of the molecule is NCCc1ccc(Oc2ccc(OCCCNC(=O)COc3ccc(CN4CCN(C[C@H]5OC[C@H](Nc6cncc(C(F)(F)F)n6)[C@@H](O)[C@H]5O)CC4)cc3)cc2)c(I)c1. The van der Waals surface area contributed by atoms with Gasteiger partial charge in [0.2, 0.25) is 0 Å². The molecule has 0 bridgehead atoms. The molecule has 2 aliphatic rings. The number of carbonyl (C=O) groups excluding carboxylic acids is 1. The highest BCUT2D eigenvalue weighted by atomic mass is 127. The molecule has 18 heteroatoms. The molecule has 318 valence electrons. The van der Waals surface area contributed by atoms with Crippen LogP contribution in [0, 0.1) is 3.57 Å². The Bertz CT molecular complexity index is 1940. The van der Waals surface area contributed by atoms with Gasteiger partial charge in [-0.25, -0.2) is 4.98 Å². The molecule has 3 aromatic carbocycles. The number of nitrogens with one attached hydrogen (secondary N) is 2. The Morgan fingerprint density at radius 3 is 2.31 bits per heavy atom. The van der Waals surface area contributed by atoms with E-state index in [1.165, 1.54) is 5.56 Å². The highest BCUT2D eigenvalue weighted by Gasteiger charge is 2.40. The summed E-state index contributed by atoms with van der Waals surface area (Å²) in [5.41, 5.74) is 6.76. The molecule has 2 fully saturated rings. The molecule has 0 spiro atoms. The summed E-state index contributed by atoms with van der Waals surface area (Å²) in [6.07, 6.45) is -4.66. The number of aliphatic hydroxyl groups excluding tert-OH is 2. The van der Waals surface area contributed by atoms with Crippen molar-refractivity contribution >= 4 is 34.3 Å². The average molecular weight is 936 g/mol.